The molecule has 98 valence electrons. The first kappa shape index (κ1) is 13.7. The van der Waals surface area contributed by atoms with E-state index in [4.69, 9.17) is 28.3 Å². The van der Waals surface area contributed by atoms with Crippen LogP contribution in [0, 0.1) is 0 Å². The molecule has 18 heavy (non-hydrogen) atoms. The van der Waals surface area contributed by atoms with E-state index in [1.165, 1.54) is 0 Å². The Kier molecular flexibility index (Phi) is 4.15. The second-order valence-corrected chi connectivity index (χ2v) is 5.48. The molecule has 1 atom stereocenters. The lowest BCUT2D eigenvalue weighted by molar-refractivity contribution is -0.139. The fourth-order valence-electron chi connectivity index (χ4n) is 2.16. The maximum atomic E-state index is 10.9. The van der Waals surface area contributed by atoms with Gasteiger partial charge in [-0.3, -0.25) is 9.69 Å². The zero-order valence-electron chi connectivity index (χ0n) is 10.1. The Morgan fingerprint density at radius 2 is 2.17 bits per heavy atom. The van der Waals surface area contributed by atoms with Crippen molar-refractivity contribution in [2.75, 3.05) is 6.54 Å². The molecular weight excluding hydrogens is 273 g/mol. The summed E-state index contributed by atoms with van der Waals surface area (Å²) in [7, 11) is 0. The van der Waals surface area contributed by atoms with Crippen LogP contribution in [0.1, 0.15) is 31.4 Å². The summed E-state index contributed by atoms with van der Waals surface area (Å²) in [4.78, 5) is 12.9. The van der Waals surface area contributed by atoms with Gasteiger partial charge in [-0.05, 0) is 37.5 Å². The van der Waals surface area contributed by atoms with Gasteiger partial charge in [0.15, 0.2) is 0 Å². The summed E-state index contributed by atoms with van der Waals surface area (Å²) in [6.07, 6.45) is 2.12. The Bertz CT molecular complexity index is 460. The third kappa shape index (κ3) is 3.16. The molecule has 0 spiro atoms. The Balaban J connectivity index is 2.21. The highest BCUT2D eigenvalue weighted by Gasteiger charge is 2.34. The number of carbonyl (C=O) groups is 1. The van der Waals surface area contributed by atoms with Gasteiger partial charge in [0, 0.05) is 22.1 Å². The lowest BCUT2D eigenvalue weighted by Gasteiger charge is -2.28. The van der Waals surface area contributed by atoms with Crippen LogP contribution in [0.15, 0.2) is 18.2 Å². The summed E-state index contributed by atoms with van der Waals surface area (Å²) < 4.78 is 0. The molecule has 3 nitrogen and oxygen atoms in total. The van der Waals surface area contributed by atoms with E-state index in [-0.39, 0.29) is 12.6 Å². The Labute approximate surface area is 116 Å². The van der Waals surface area contributed by atoms with Gasteiger partial charge in [0.05, 0.1) is 6.54 Å². The summed E-state index contributed by atoms with van der Waals surface area (Å²) >= 11 is 12.0. The van der Waals surface area contributed by atoms with Crippen LogP contribution in [0.4, 0.5) is 0 Å². The van der Waals surface area contributed by atoms with E-state index in [0.29, 0.717) is 16.1 Å². The van der Waals surface area contributed by atoms with E-state index in [9.17, 15) is 4.79 Å². The zero-order chi connectivity index (χ0) is 13.3. The van der Waals surface area contributed by atoms with Crippen LogP contribution >= 0.6 is 23.2 Å². The first-order valence-electron chi connectivity index (χ1n) is 5.91. The highest BCUT2D eigenvalue weighted by atomic mass is 35.5. The van der Waals surface area contributed by atoms with Crippen molar-refractivity contribution in [2.45, 2.75) is 31.8 Å². The number of hydrogen-bond donors (Lipinski definition) is 1. The van der Waals surface area contributed by atoms with Crippen molar-refractivity contribution in [3.05, 3.63) is 33.8 Å². The topological polar surface area (TPSA) is 40.5 Å². The van der Waals surface area contributed by atoms with Gasteiger partial charge in [-0.2, -0.15) is 0 Å². The standard InChI is InChI=1S/C13H15Cl2NO2/c1-8(11-5-2-9(14)6-12(11)15)16(7-13(17)18)10-3-4-10/h2,5-6,8,10H,3-4,7H2,1H3,(H,17,18). The first-order valence-corrected chi connectivity index (χ1v) is 6.67. The van der Waals surface area contributed by atoms with Crippen molar-refractivity contribution in [1.29, 1.82) is 0 Å². The molecule has 0 aliphatic heterocycles. The zero-order valence-corrected chi connectivity index (χ0v) is 11.6. The molecular formula is C13H15Cl2NO2. The van der Waals surface area contributed by atoms with Gasteiger partial charge in [0.25, 0.3) is 0 Å². The average Bonchev–Trinajstić information content (AvgIpc) is 3.08. The maximum Gasteiger partial charge on any atom is 0.317 e. The molecule has 1 aromatic carbocycles. The number of hydrogen-bond acceptors (Lipinski definition) is 2. The summed E-state index contributed by atoms with van der Waals surface area (Å²) in [6.45, 7) is 2.03. The molecule has 1 saturated carbocycles. The quantitative estimate of drug-likeness (QED) is 0.900. The number of carboxylic acids is 1. The second kappa shape index (κ2) is 5.47. The van der Waals surface area contributed by atoms with Gasteiger partial charge in [-0.15, -0.1) is 0 Å². The molecule has 2 rings (SSSR count). The van der Waals surface area contributed by atoms with Crippen LogP contribution in [0.5, 0.6) is 0 Å². The van der Waals surface area contributed by atoms with Crippen LogP contribution in [-0.4, -0.2) is 28.6 Å². The van der Waals surface area contributed by atoms with E-state index in [2.05, 4.69) is 0 Å². The number of benzene rings is 1. The van der Waals surface area contributed by atoms with Crippen molar-refractivity contribution in [3.63, 3.8) is 0 Å². The molecule has 1 aromatic rings. The molecule has 1 N–H and O–H groups in total. The van der Waals surface area contributed by atoms with E-state index in [1.807, 2.05) is 17.9 Å². The third-order valence-corrected chi connectivity index (χ3v) is 3.81. The number of halogens is 2. The lowest BCUT2D eigenvalue weighted by atomic mass is 10.1. The van der Waals surface area contributed by atoms with Crippen molar-refractivity contribution in [3.8, 4) is 0 Å². The van der Waals surface area contributed by atoms with Gasteiger partial charge in [0.2, 0.25) is 0 Å². The van der Waals surface area contributed by atoms with Crippen LogP contribution in [0.25, 0.3) is 0 Å². The molecule has 1 aliphatic rings. The van der Waals surface area contributed by atoms with Gasteiger partial charge < -0.3 is 5.11 Å². The van der Waals surface area contributed by atoms with E-state index >= 15 is 0 Å². The van der Waals surface area contributed by atoms with Crippen molar-refractivity contribution >= 4 is 29.2 Å². The minimum Gasteiger partial charge on any atom is -0.480 e. The predicted molar refractivity (Wildman–Crippen MR) is 72.2 cm³/mol. The Morgan fingerprint density at radius 3 is 2.67 bits per heavy atom. The molecule has 0 amide bonds. The Hall–Kier alpha value is -0.770. The summed E-state index contributed by atoms with van der Waals surface area (Å²) in [5.74, 6) is -0.807. The lowest BCUT2D eigenvalue weighted by Crippen LogP contribution is -2.34. The molecule has 0 saturated heterocycles. The molecule has 5 heteroatoms. The molecule has 0 aromatic heterocycles. The van der Waals surface area contributed by atoms with Crippen molar-refractivity contribution < 1.29 is 9.90 Å². The van der Waals surface area contributed by atoms with Crippen LogP contribution in [0.2, 0.25) is 10.0 Å². The van der Waals surface area contributed by atoms with Crippen LogP contribution < -0.4 is 0 Å². The SMILES string of the molecule is CC(c1ccc(Cl)cc1Cl)N(CC(=O)O)C1CC1. The normalized spacial score (nSPS) is 16.9. The number of nitrogens with zero attached hydrogens (tertiary/aromatic N) is 1. The molecule has 1 unspecified atom stereocenters. The summed E-state index contributed by atoms with van der Waals surface area (Å²) in [6, 6.07) is 5.69. The minimum absolute atomic E-state index is 0.0154. The fourth-order valence-corrected chi connectivity index (χ4v) is 2.73. The van der Waals surface area contributed by atoms with Crippen molar-refractivity contribution in [2.24, 2.45) is 0 Å². The predicted octanol–water partition coefficient (Wildman–Crippen LogP) is 3.60. The monoisotopic (exact) mass is 287 g/mol. The van der Waals surface area contributed by atoms with E-state index in [1.54, 1.807) is 12.1 Å². The summed E-state index contributed by atoms with van der Waals surface area (Å²) in [5, 5.41) is 10.2. The van der Waals surface area contributed by atoms with Gasteiger partial charge in [0.1, 0.15) is 0 Å². The van der Waals surface area contributed by atoms with Gasteiger partial charge in [-0.25, -0.2) is 0 Å². The number of aliphatic carboxylic acids is 1. The smallest absolute Gasteiger partial charge is 0.317 e. The first-order chi connectivity index (χ1) is 8.49. The van der Waals surface area contributed by atoms with E-state index < -0.39 is 5.97 Å². The molecule has 1 aliphatic carbocycles. The maximum absolute atomic E-state index is 10.9. The highest BCUT2D eigenvalue weighted by molar-refractivity contribution is 6.35. The molecule has 1 fully saturated rings. The second-order valence-electron chi connectivity index (χ2n) is 4.64. The number of carboxylic acid groups (broad SMARTS) is 1. The molecule has 0 heterocycles. The fraction of sp³-hybridized carbons (Fsp3) is 0.462. The van der Waals surface area contributed by atoms with Crippen LogP contribution in [-0.2, 0) is 4.79 Å². The third-order valence-electron chi connectivity index (χ3n) is 3.24. The molecule has 0 radical (unpaired) electrons. The Morgan fingerprint density at radius 1 is 1.50 bits per heavy atom. The number of rotatable bonds is 5. The highest BCUT2D eigenvalue weighted by Crippen LogP contribution is 2.36. The van der Waals surface area contributed by atoms with E-state index in [0.717, 1.165) is 18.4 Å². The van der Waals surface area contributed by atoms with Crippen molar-refractivity contribution in [1.82, 2.24) is 4.90 Å². The minimum atomic E-state index is -0.807. The van der Waals surface area contributed by atoms with Gasteiger partial charge >= 0.3 is 5.97 Å². The van der Waals surface area contributed by atoms with Gasteiger partial charge in [-0.1, -0.05) is 29.3 Å². The van der Waals surface area contributed by atoms with Crippen LogP contribution in [0.3, 0.4) is 0 Å². The summed E-state index contributed by atoms with van der Waals surface area (Å²) in [5.41, 5.74) is 0.925. The molecule has 0 bridgehead atoms. The largest absolute Gasteiger partial charge is 0.480 e. The average molecular weight is 288 g/mol.